The first-order valence-electron chi connectivity index (χ1n) is 6.28. The van der Waals surface area contributed by atoms with Gasteiger partial charge in [-0.3, -0.25) is 14.2 Å². The third kappa shape index (κ3) is 3.35. The largest absolute Gasteiger partial charge is 0.476 e. The fourth-order valence-electron chi connectivity index (χ4n) is 1.77. The minimum Gasteiger partial charge on any atom is -0.476 e. The van der Waals surface area contributed by atoms with Crippen LogP contribution in [0.5, 0.6) is 0 Å². The molecule has 8 nitrogen and oxygen atoms in total. The number of aromatic carboxylic acids is 1. The van der Waals surface area contributed by atoms with Crippen LogP contribution in [0.4, 0.5) is 5.69 Å². The van der Waals surface area contributed by atoms with Gasteiger partial charge in [-0.1, -0.05) is 0 Å². The van der Waals surface area contributed by atoms with Crippen molar-refractivity contribution in [3.05, 3.63) is 35.9 Å². The monoisotopic (exact) mass is 289 g/mol. The van der Waals surface area contributed by atoms with E-state index in [9.17, 15) is 9.59 Å². The van der Waals surface area contributed by atoms with Gasteiger partial charge in [0, 0.05) is 31.4 Å². The molecule has 0 bridgehead atoms. The Morgan fingerprint density at radius 3 is 2.76 bits per heavy atom. The fraction of sp³-hybridized carbons (Fsp3) is 0.231. The molecular formula is C13H15N5O3. The number of aromatic nitrogens is 4. The number of carbonyl (C=O) groups is 2. The molecular weight excluding hydrogens is 274 g/mol. The lowest BCUT2D eigenvalue weighted by Gasteiger charge is -2.01. The standard InChI is InChI=1S/C13H15N5O3/c1-3-18-8-9(6-15-18)4-5-11(19)16-10-7-14-17(2)12(10)13(20)21/h4-8H,3H2,1-2H3,(H,16,19)(H,20,21)/b5-4+. The van der Waals surface area contributed by atoms with Gasteiger partial charge in [-0.2, -0.15) is 10.2 Å². The highest BCUT2D eigenvalue weighted by atomic mass is 16.4. The van der Waals surface area contributed by atoms with Crippen molar-refractivity contribution >= 4 is 23.6 Å². The number of carbonyl (C=O) groups excluding carboxylic acids is 1. The first kappa shape index (κ1) is 14.5. The van der Waals surface area contributed by atoms with E-state index in [2.05, 4.69) is 15.5 Å². The van der Waals surface area contributed by atoms with Crippen LogP contribution in [0.15, 0.2) is 24.7 Å². The molecule has 0 atom stereocenters. The normalized spacial score (nSPS) is 11.0. The molecule has 2 N–H and O–H groups in total. The van der Waals surface area contributed by atoms with Gasteiger partial charge in [0.25, 0.3) is 0 Å². The zero-order valence-corrected chi connectivity index (χ0v) is 11.6. The van der Waals surface area contributed by atoms with Crippen molar-refractivity contribution in [2.24, 2.45) is 7.05 Å². The molecule has 0 spiro atoms. The molecule has 0 aromatic carbocycles. The van der Waals surface area contributed by atoms with Gasteiger partial charge in [0.05, 0.1) is 18.1 Å². The minimum absolute atomic E-state index is 0.0736. The van der Waals surface area contributed by atoms with Crippen LogP contribution >= 0.6 is 0 Å². The van der Waals surface area contributed by atoms with Crippen LogP contribution < -0.4 is 5.32 Å². The Bertz CT molecular complexity index is 698. The Kier molecular flexibility index (Phi) is 4.17. The number of carboxylic acids is 1. The second-order valence-electron chi connectivity index (χ2n) is 4.29. The van der Waals surface area contributed by atoms with Crippen LogP contribution in [0.2, 0.25) is 0 Å². The number of aryl methyl sites for hydroxylation is 2. The quantitative estimate of drug-likeness (QED) is 0.799. The molecule has 110 valence electrons. The molecule has 1 amide bonds. The SMILES string of the molecule is CCn1cc(/C=C/C(=O)Nc2cnn(C)c2C(=O)O)cn1. The van der Waals surface area contributed by atoms with Gasteiger partial charge in [0.1, 0.15) is 0 Å². The van der Waals surface area contributed by atoms with E-state index in [1.807, 2.05) is 6.92 Å². The van der Waals surface area contributed by atoms with Crippen LogP contribution in [-0.4, -0.2) is 36.5 Å². The summed E-state index contributed by atoms with van der Waals surface area (Å²) < 4.78 is 2.92. The zero-order chi connectivity index (χ0) is 15.4. The van der Waals surface area contributed by atoms with Crippen molar-refractivity contribution in [3.8, 4) is 0 Å². The molecule has 0 aliphatic heterocycles. The second kappa shape index (κ2) is 6.04. The molecule has 0 saturated carbocycles. The molecule has 0 aliphatic rings. The molecule has 2 aromatic rings. The summed E-state index contributed by atoms with van der Waals surface area (Å²) in [6.45, 7) is 2.71. The third-order valence-electron chi connectivity index (χ3n) is 2.80. The van der Waals surface area contributed by atoms with E-state index in [-0.39, 0.29) is 11.4 Å². The molecule has 0 radical (unpaired) electrons. The van der Waals surface area contributed by atoms with Gasteiger partial charge in [0.15, 0.2) is 5.69 Å². The Hall–Kier alpha value is -2.90. The van der Waals surface area contributed by atoms with E-state index in [1.165, 1.54) is 24.0 Å². The minimum atomic E-state index is -1.15. The van der Waals surface area contributed by atoms with Gasteiger partial charge >= 0.3 is 5.97 Å². The predicted molar refractivity (Wildman–Crippen MR) is 75.7 cm³/mol. The number of rotatable bonds is 5. The van der Waals surface area contributed by atoms with Gasteiger partial charge in [0.2, 0.25) is 5.91 Å². The zero-order valence-electron chi connectivity index (χ0n) is 11.6. The Balaban J connectivity index is 2.06. The summed E-state index contributed by atoms with van der Waals surface area (Å²) in [5, 5.41) is 19.4. The predicted octanol–water partition coefficient (Wildman–Crippen LogP) is 0.987. The molecule has 21 heavy (non-hydrogen) atoms. The summed E-state index contributed by atoms with van der Waals surface area (Å²) >= 11 is 0. The van der Waals surface area contributed by atoms with Crippen molar-refractivity contribution < 1.29 is 14.7 Å². The van der Waals surface area contributed by atoms with E-state index in [4.69, 9.17) is 5.11 Å². The van der Waals surface area contributed by atoms with E-state index in [0.717, 1.165) is 12.1 Å². The number of amides is 1. The van der Waals surface area contributed by atoms with Crippen LogP contribution in [0, 0.1) is 0 Å². The number of hydrogen-bond donors (Lipinski definition) is 2. The maximum Gasteiger partial charge on any atom is 0.356 e. The highest BCUT2D eigenvalue weighted by Gasteiger charge is 2.16. The molecule has 2 aromatic heterocycles. The van der Waals surface area contributed by atoms with Gasteiger partial charge < -0.3 is 10.4 Å². The average Bonchev–Trinajstić information content (AvgIpc) is 3.03. The van der Waals surface area contributed by atoms with Gasteiger partial charge in [-0.05, 0) is 13.0 Å². The Labute approximate surface area is 120 Å². The first-order chi connectivity index (χ1) is 10.0. The highest BCUT2D eigenvalue weighted by Crippen LogP contribution is 2.14. The van der Waals surface area contributed by atoms with Crippen LogP contribution in [0.1, 0.15) is 23.0 Å². The summed E-state index contributed by atoms with van der Waals surface area (Å²) in [7, 11) is 1.49. The summed E-state index contributed by atoms with van der Waals surface area (Å²) in [6.07, 6.45) is 7.65. The van der Waals surface area contributed by atoms with Crippen molar-refractivity contribution in [1.29, 1.82) is 0 Å². The molecule has 0 unspecified atom stereocenters. The molecule has 2 rings (SSSR count). The van der Waals surface area contributed by atoms with E-state index >= 15 is 0 Å². The molecule has 0 aliphatic carbocycles. The summed E-state index contributed by atoms with van der Waals surface area (Å²) in [5.74, 6) is -1.59. The lowest BCUT2D eigenvalue weighted by atomic mass is 10.3. The smallest absolute Gasteiger partial charge is 0.356 e. The Morgan fingerprint density at radius 2 is 2.14 bits per heavy atom. The maximum atomic E-state index is 11.8. The Morgan fingerprint density at radius 1 is 1.38 bits per heavy atom. The summed E-state index contributed by atoms with van der Waals surface area (Å²) in [5.41, 5.74) is 0.871. The van der Waals surface area contributed by atoms with E-state index in [1.54, 1.807) is 23.2 Å². The fourth-order valence-corrected chi connectivity index (χ4v) is 1.77. The topological polar surface area (TPSA) is 102 Å². The molecule has 2 heterocycles. The number of nitrogens with zero attached hydrogens (tertiary/aromatic N) is 4. The van der Waals surface area contributed by atoms with Gasteiger partial charge in [-0.15, -0.1) is 0 Å². The third-order valence-corrected chi connectivity index (χ3v) is 2.80. The maximum absolute atomic E-state index is 11.8. The first-order valence-corrected chi connectivity index (χ1v) is 6.28. The van der Waals surface area contributed by atoms with Crippen molar-refractivity contribution in [3.63, 3.8) is 0 Å². The number of carboxylic acid groups (broad SMARTS) is 1. The summed E-state index contributed by atoms with van der Waals surface area (Å²) in [4.78, 5) is 22.9. The number of anilines is 1. The van der Waals surface area contributed by atoms with Crippen LogP contribution in [0.3, 0.4) is 0 Å². The van der Waals surface area contributed by atoms with Crippen molar-refractivity contribution in [2.45, 2.75) is 13.5 Å². The lowest BCUT2D eigenvalue weighted by molar-refractivity contribution is -0.111. The average molecular weight is 289 g/mol. The number of nitrogens with one attached hydrogen (secondary N) is 1. The number of hydrogen-bond acceptors (Lipinski definition) is 4. The lowest BCUT2D eigenvalue weighted by Crippen LogP contribution is -2.13. The van der Waals surface area contributed by atoms with E-state index in [0.29, 0.717) is 0 Å². The summed E-state index contributed by atoms with van der Waals surface area (Å²) in [6, 6.07) is 0. The highest BCUT2D eigenvalue weighted by molar-refractivity contribution is 6.05. The second-order valence-corrected chi connectivity index (χ2v) is 4.29. The molecule has 0 saturated heterocycles. The van der Waals surface area contributed by atoms with E-state index < -0.39 is 11.9 Å². The molecule has 8 heteroatoms. The molecule has 0 fully saturated rings. The van der Waals surface area contributed by atoms with Gasteiger partial charge in [-0.25, -0.2) is 4.79 Å². The van der Waals surface area contributed by atoms with Crippen molar-refractivity contribution in [1.82, 2.24) is 19.6 Å². The van der Waals surface area contributed by atoms with Crippen molar-refractivity contribution in [2.75, 3.05) is 5.32 Å². The van der Waals surface area contributed by atoms with Crippen LogP contribution in [-0.2, 0) is 18.4 Å². The van der Waals surface area contributed by atoms with Crippen LogP contribution in [0.25, 0.3) is 6.08 Å².